The minimum absolute atomic E-state index is 0.305. The number of esters is 1. The first-order chi connectivity index (χ1) is 12.6. The van der Waals surface area contributed by atoms with Gasteiger partial charge in [0.25, 0.3) is 0 Å². The number of aromatic nitrogens is 2. The molecule has 7 heteroatoms. The molecule has 0 radical (unpaired) electrons. The zero-order valence-electron chi connectivity index (χ0n) is 14.4. The van der Waals surface area contributed by atoms with Gasteiger partial charge in [0.05, 0.1) is 17.3 Å². The summed E-state index contributed by atoms with van der Waals surface area (Å²) in [5, 5.41) is 1.74. The Morgan fingerprint density at radius 3 is 2.85 bits per heavy atom. The standard InChI is InChI=1S/C19H18ClN3O2S/c1-25-18(24)15-6-4-5-14(21-15)10-12-9-13(20)11-16-17(12)22-19(26-16)23-7-2-3-8-23/h4-6,9,11H,2-3,7-8,10H2,1H3. The molecule has 1 aliphatic heterocycles. The first kappa shape index (κ1) is 17.2. The summed E-state index contributed by atoms with van der Waals surface area (Å²) in [7, 11) is 1.35. The fourth-order valence-corrected chi connectivity index (χ4v) is 4.63. The number of carbonyl (C=O) groups is 1. The molecule has 0 bridgehead atoms. The summed E-state index contributed by atoms with van der Waals surface area (Å²) in [6, 6.07) is 9.26. The van der Waals surface area contributed by atoms with Crippen LogP contribution in [0.15, 0.2) is 30.3 Å². The van der Waals surface area contributed by atoms with Crippen molar-refractivity contribution >= 4 is 44.3 Å². The van der Waals surface area contributed by atoms with Crippen molar-refractivity contribution in [3.63, 3.8) is 0 Å². The summed E-state index contributed by atoms with van der Waals surface area (Å²) in [6.07, 6.45) is 2.99. The molecule has 0 N–H and O–H groups in total. The summed E-state index contributed by atoms with van der Waals surface area (Å²) >= 11 is 8.01. The van der Waals surface area contributed by atoms with Crippen LogP contribution >= 0.6 is 22.9 Å². The molecule has 0 atom stereocenters. The van der Waals surface area contributed by atoms with Crippen molar-refractivity contribution in [2.24, 2.45) is 0 Å². The summed E-state index contributed by atoms with van der Waals surface area (Å²) in [4.78, 5) is 23.3. The number of ether oxygens (including phenoxy) is 1. The van der Waals surface area contributed by atoms with Crippen molar-refractivity contribution in [1.29, 1.82) is 0 Å². The van der Waals surface area contributed by atoms with Crippen LogP contribution < -0.4 is 4.90 Å². The number of fused-ring (bicyclic) bond motifs is 1. The van der Waals surface area contributed by atoms with Gasteiger partial charge in [0.1, 0.15) is 5.69 Å². The van der Waals surface area contributed by atoms with E-state index in [1.807, 2.05) is 24.3 Å². The molecule has 1 aliphatic rings. The highest BCUT2D eigenvalue weighted by atomic mass is 35.5. The minimum Gasteiger partial charge on any atom is -0.464 e. The second-order valence-electron chi connectivity index (χ2n) is 6.28. The van der Waals surface area contributed by atoms with Gasteiger partial charge in [-0.3, -0.25) is 0 Å². The molecule has 3 heterocycles. The number of hydrogen-bond acceptors (Lipinski definition) is 6. The highest BCUT2D eigenvalue weighted by Gasteiger charge is 2.18. The molecule has 0 amide bonds. The highest BCUT2D eigenvalue weighted by Crippen LogP contribution is 2.35. The molecular weight excluding hydrogens is 370 g/mol. The lowest BCUT2D eigenvalue weighted by Gasteiger charge is -2.11. The van der Waals surface area contributed by atoms with Gasteiger partial charge in [-0.05, 0) is 42.7 Å². The van der Waals surface area contributed by atoms with Gasteiger partial charge in [-0.1, -0.05) is 29.0 Å². The van der Waals surface area contributed by atoms with E-state index in [0.29, 0.717) is 17.1 Å². The molecule has 1 saturated heterocycles. The van der Waals surface area contributed by atoms with Crippen LogP contribution in [0.25, 0.3) is 10.2 Å². The number of halogens is 1. The Labute approximate surface area is 160 Å². The molecule has 0 unspecified atom stereocenters. The lowest BCUT2D eigenvalue weighted by atomic mass is 10.1. The Morgan fingerprint density at radius 2 is 2.08 bits per heavy atom. The molecule has 0 aliphatic carbocycles. The second kappa shape index (κ2) is 7.21. The van der Waals surface area contributed by atoms with Gasteiger partial charge in [-0.15, -0.1) is 0 Å². The SMILES string of the molecule is COC(=O)c1cccc(Cc2cc(Cl)cc3sc(N4CCCC4)nc23)n1. The van der Waals surface area contributed by atoms with Crippen LogP contribution in [0.1, 0.15) is 34.6 Å². The Kier molecular flexibility index (Phi) is 4.78. The number of benzene rings is 1. The molecule has 1 fully saturated rings. The van der Waals surface area contributed by atoms with Crippen LogP contribution in [-0.4, -0.2) is 36.1 Å². The van der Waals surface area contributed by atoms with E-state index in [1.54, 1.807) is 17.4 Å². The van der Waals surface area contributed by atoms with E-state index in [2.05, 4.69) is 9.88 Å². The highest BCUT2D eigenvalue weighted by molar-refractivity contribution is 7.22. The third kappa shape index (κ3) is 3.39. The predicted molar refractivity (Wildman–Crippen MR) is 104 cm³/mol. The fourth-order valence-electron chi connectivity index (χ4n) is 3.22. The largest absolute Gasteiger partial charge is 0.464 e. The maximum atomic E-state index is 11.7. The first-order valence-corrected chi connectivity index (χ1v) is 9.71. The molecule has 3 aromatic rings. The molecule has 134 valence electrons. The Morgan fingerprint density at radius 1 is 1.27 bits per heavy atom. The predicted octanol–water partition coefficient (Wildman–Crippen LogP) is 4.32. The zero-order chi connectivity index (χ0) is 18.1. The van der Waals surface area contributed by atoms with Gasteiger partial charge >= 0.3 is 5.97 Å². The number of pyridine rings is 1. The van der Waals surface area contributed by atoms with E-state index < -0.39 is 5.97 Å². The smallest absolute Gasteiger partial charge is 0.356 e. The van der Waals surface area contributed by atoms with Gasteiger partial charge in [-0.25, -0.2) is 14.8 Å². The normalized spacial score (nSPS) is 14.2. The number of anilines is 1. The van der Waals surface area contributed by atoms with Crippen molar-refractivity contribution in [1.82, 2.24) is 9.97 Å². The van der Waals surface area contributed by atoms with Crippen molar-refractivity contribution in [2.45, 2.75) is 19.3 Å². The van der Waals surface area contributed by atoms with Crippen molar-refractivity contribution in [3.05, 3.63) is 52.3 Å². The lowest BCUT2D eigenvalue weighted by Crippen LogP contribution is -2.16. The maximum Gasteiger partial charge on any atom is 0.356 e. The second-order valence-corrected chi connectivity index (χ2v) is 7.73. The van der Waals surface area contributed by atoms with Crippen LogP contribution in [-0.2, 0) is 11.2 Å². The topological polar surface area (TPSA) is 55.3 Å². The van der Waals surface area contributed by atoms with Crippen LogP contribution in [0, 0.1) is 0 Å². The zero-order valence-corrected chi connectivity index (χ0v) is 15.9. The average molecular weight is 388 g/mol. The number of nitrogens with zero attached hydrogens (tertiary/aromatic N) is 3. The van der Waals surface area contributed by atoms with Gasteiger partial charge in [0.15, 0.2) is 5.13 Å². The summed E-state index contributed by atoms with van der Waals surface area (Å²) in [5.74, 6) is -0.437. The number of thiazole rings is 1. The minimum atomic E-state index is -0.437. The van der Waals surface area contributed by atoms with E-state index in [-0.39, 0.29) is 0 Å². The van der Waals surface area contributed by atoms with Gasteiger partial charge < -0.3 is 9.64 Å². The van der Waals surface area contributed by atoms with Crippen LogP contribution in [0.2, 0.25) is 5.02 Å². The molecule has 1 aromatic carbocycles. The van der Waals surface area contributed by atoms with Gasteiger partial charge in [0, 0.05) is 30.2 Å². The molecule has 2 aromatic heterocycles. The Bertz CT molecular complexity index is 967. The lowest BCUT2D eigenvalue weighted by molar-refractivity contribution is 0.0593. The molecular formula is C19H18ClN3O2S. The van der Waals surface area contributed by atoms with E-state index in [1.165, 1.54) is 20.0 Å². The Balaban J connectivity index is 1.70. The van der Waals surface area contributed by atoms with E-state index >= 15 is 0 Å². The van der Waals surface area contributed by atoms with Gasteiger partial charge in [0.2, 0.25) is 0 Å². The quantitative estimate of drug-likeness (QED) is 0.624. The number of methoxy groups -OCH3 is 1. The van der Waals surface area contributed by atoms with E-state index in [9.17, 15) is 4.79 Å². The first-order valence-electron chi connectivity index (χ1n) is 8.52. The van der Waals surface area contributed by atoms with Crippen LogP contribution in [0.3, 0.4) is 0 Å². The molecule has 4 rings (SSSR count). The fraction of sp³-hybridized carbons (Fsp3) is 0.316. The van der Waals surface area contributed by atoms with Gasteiger partial charge in [-0.2, -0.15) is 0 Å². The molecule has 0 saturated carbocycles. The third-order valence-electron chi connectivity index (χ3n) is 4.48. The summed E-state index contributed by atoms with van der Waals surface area (Å²) in [6.45, 7) is 2.12. The van der Waals surface area contributed by atoms with Crippen molar-refractivity contribution in [3.8, 4) is 0 Å². The van der Waals surface area contributed by atoms with E-state index in [4.69, 9.17) is 21.3 Å². The summed E-state index contributed by atoms with van der Waals surface area (Å²) < 4.78 is 5.83. The number of rotatable bonds is 4. The Hall–Kier alpha value is -2.18. The maximum absolute atomic E-state index is 11.7. The molecule has 5 nitrogen and oxygen atoms in total. The van der Waals surface area contributed by atoms with Crippen molar-refractivity contribution < 1.29 is 9.53 Å². The molecule has 26 heavy (non-hydrogen) atoms. The number of carbonyl (C=O) groups excluding carboxylic acids is 1. The van der Waals surface area contributed by atoms with Crippen molar-refractivity contribution in [2.75, 3.05) is 25.1 Å². The summed E-state index contributed by atoms with van der Waals surface area (Å²) in [5.41, 5.74) is 3.07. The number of hydrogen-bond donors (Lipinski definition) is 0. The van der Waals surface area contributed by atoms with E-state index in [0.717, 1.165) is 39.7 Å². The van der Waals surface area contributed by atoms with Crippen LogP contribution in [0.5, 0.6) is 0 Å². The third-order valence-corrected chi connectivity index (χ3v) is 5.76. The molecule has 0 spiro atoms. The monoisotopic (exact) mass is 387 g/mol. The van der Waals surface area contributed by atoms with Crippen LogP contribution in [0.4, 0.5) is 5.13 Å². The average Bonchev–Trinajstić information content (AvgIpc) is 3.30.